The highest BCUT2D eigenvalue weighted by atomic mass is 16.5. The molecule has 0 aliphatic rings. The molecule has 1 heterocycles. The maximum Gasteiger partial charge on any atom is 0.249 e. The van der Waals surface area contributed by atoms with Gasteiger partial charge in [0.2, 0.25) is 5.91 Å². The Bertz CT molecular complexity index is 722. The number of hydrogen-bond donors (Lipinski definition) is 1. The Balaban J connectivity index is 2.18. The third kappa shape index (κ3) is 4.03. The molecule has 0 spiro atoms. The van der Waals surface area contributed by atoms with Gasteiger partial charge in [0.25, 0.3) is 0 Å². The second kappa shape index (κ2) is 7.35. The van der Waals surface area contributed by atoms with Gasteiger partial charge in [-0.1, -0.05) is 0 Å². The first kappa shape index (κ1) is 16.4. The van der Waals surface area contributed by atoms with Crippen molar-refractivity contribution < 1.29 is 19.0 Å². The van der Waals surface area contributed by atoms with Gasteiger partial charge in [0.05, 0.1) is 21.3 Å². The van der Waals surface area contributed by atoms with E-state index in [0.717, 1.165) is 0 Å². The van der Waals surface area contributed by atoms with E-state index in [-0.39, 0.29) is 5.91 Å². The van der Waals surface area contributed by atoms with E-state index in [1.165, 1.54) is 6.08 Å². The van der Waals surface area contributed by atoms with Crippen LogP contribution >= 0.6 is 0 Å². The minimum Gasteiger partial charge on any atom is -0.496 e. The summed E-state index contributed by atoms with van der Waals surface area (Å²) in [5.41, 5.74) is 0.696. The number of nitrogens with one attached hydrogen (secondary N) is 1. The van der Waals surface area contributed by atoms with Gasteiger partial charge >= 0.3 is 0 Å². The van der Waals surface area contributed by atoms with Crippen LogP contribution in [0, 0.1) is 0 Å². The summed E-state index contributed by atoms with van der Waals surface area (Å²) in [5.74, 6) is 1.88. The van der Waals surface area contributed by atoms with Crippen LogP contribution in [0.3, 0.4) is 0 Å². The first-order chi connectivity index (χ1) is 11.1. The summed E-state index contributed by atoms with van der Waals surface area (Å²) in [6.07, 6.45) is 4.79. The molecule has 122 valence electrons. The largest absolute Gasteiger partial charge is 0.496 e. The predicted octanol–water partition coefficient (Wildman–Crippen LogP) is 2.10. The first-order valence-corrected chi connectivity index (χ1v) is 6.86. The van der Waals surface area contributed by atoms with Crippen LogP contribution in [0.5, 0.6) is 17.2 Å². The van der Waals surface area contributed by atoms with Gasteiger partial charge < -0.3 is 19.5 Å². The Morgan fingerprint density at radius 3 is 2.35 bits per heavy atom. The second-order valence-corrected chi connectivity index (χ2v) is 4.65. The average molecular weight is 317 g/mol. The van der Waals surface area contributed by atoms with Crippen molar-refractivity contribution in [2.75, 3.05) is 26.6 Å². The summed E-state index contributed by atoms with van der Waals surface area (Å²) in [4.78, 5) is 11.9. The molecule has 1 aromatic carbocycles. The predicted molar refractivity (Wildman–Crippen MR) is 87.0 cm³/mol. The van der Waals surface area contributed by atoms with Crippen LogP contribution in [0.2, 0.25) is 0 Å². The SMILES string of the molecule is COc1cc(OC)c(OC)cc1/C=C/C(=O)Nc1ccn(C)n1. The van der Waals surface area contributed by atoms with Crippen molar-refractivity contribution in [3.63, 3.8) is 0 Å². The number of carbonyl (C=O) groups is 1. The molecule has 0 unspecified atom stereocenters. The van der Waals surface area contributed by atoms with Crippen LogP contribution in [0.15, 0.2) is 30.5 Å². The molecule has 7 nitrogen and oxygen atoms in total. The minimum absolute atomic E-state index is 0.291. The van der Waals surface area contributed by atoms with E-state index in [1.807, 2.05) is 0 Å². The van der Waals surface area contributed by atoms with E-state index >= 15 is 0 Å². The van der Waals surface area contributed by atoms with Crippen LogP contribution in [0.25, 0.3) is 6.08 Å². The Labute approximate surface area is 134 Å². The molecule has 7 heteroatoms. The average Bonchev–Trinajstić information content (AvgIpc) is 2.96. The number of nitrogens with zero attached hydrogens (tertiary/aromatic N) is 2. The molecule has 0 fully saturated rings. The number of anilines is 1. The van der Waals surface area contributed by atoms with Crippen molar-refractivity contribution in [1.29, 1.82) is 0 Å². The lowest BCUT2D eigenvalue weighted by atomic mass is 10.1. The number of methoxy groups -OCH3 is 3. The van der Waals surface area contributed by atoms with Gasteiger partial charge in [0, 0.05) is 37.0 Å². The number of amides is 1. The minimum atomic E-state index is -0.291. The lowest BCUT2D eigenvalue weighted by Crippen LogP contribution is -2.08. The van der Waals surface area contributed by atoms with Gasteiger partial charge in [-0.05, 0) is 12.1 Å². The zero-order valence-corrected chi connectivity index (χ0v) is 13.5. The van der Waals surface area contributed by atoms with E-state index in [1.54, 1.807) is 63.5 Å². The standard InChI is InChI=1S/C16H19N3O4/c1-19-8-7-15(18-19)17-16(20)6-5-11-9-13(22-3)14(23-4)10-12(11)21-2/h5-10H,1-4H3,(H,17,18,20)/b6-5+. The molecule has 0 aliphatic carbocycles. The molecule has 2 aromatic rings. The second-order valence-electron chi connectivity index (χ2n) is 4.65. The van der Waals surface area contributed by atoms with Crippen LogP contribution in [-0.2, 0) is 11.8 Å². The summed E-state index contributed by atoms with van der Waals surface area (Å²) in [5, 5.41) is 6.75. The zero-order chi connectivity index (χ0) is 16.8. The monoisotopic (exact) mass is 317 g/mol. The summed E-state index contributed by atoms with van der Waals surface area (Å²) >= 11 is 0. The number of hydrogen-bond acceptors (Lipinski definition) is 5. The van der Waals surface area contributed by atoms with E-state index < -0.39 is 0 Å². The topological polar surface area (TPSA) is 74.6 Å². The van der Waals surface area contributed by atoms with Crippen LogP contribution in [0.1, 0.15) is 5.56 Å². The van der Waals surface area contributed by atoms with Crippen LogP contribution in [0.4, 0.5) is 5.82 Å². The molecule has 1 aromatic heterocycles. The fraction of sp³-hybridized carbons (Fsp3) is 0.250. The van der Waals surface area contributed by atoms with Crippen LogP contribution in [-0.4, -0.2) is 37.0 Å². The number of ether oxygens (including phenoxy) is 3. The lowest BCUT2D eigenvalue weighted by Gasteiger charge is -2.12. The molecule has 0 bridgehead atoms. The molecular formula is C16H19N3O4. The Morgan fingerprint density at radius 1 is 1.13 bits per heavy atom. The summed E-state index contributed by atoms with van der Waals surface area (Å²) in [6, 6.07) is 5.15. The molecule has 0 radical (unpaired) electrons. The fourth-order valence-electron chi connectivity index (χ4n) is 2.00. The third-order valence-electron chi connectivity index (χ3n) is 3.12. The van der Waals surface area contributed by atoms with E-state index in [4.69, 9.17) is 14.2 Å². The molecule has 0 atom stereocenters. The van der Waals surface area contributed by atoms with Gasteiger partial charge in [0.1, 0.15) is 5.75 Å². The molecule has 23 heavy (non-hydrogen) atoms. The fourth-order valence-corrected chi connectivity index (χ4v) is 2.00. The third-order valence-corrected chi connectivity index (χ3v) is 3.12. The van der Waals surface area contributed by atoms with Gasteiger partial charge in [-0.25, -0.2) is 0 Å². The molecule has 1 N–H and O–H groups in total. The molecule has 0 saturated carbocycles. The maximum absolute atomic E-state index is 11.9. The van der Waals surface area contributed by atoms with Crippen LogP contribution < -0.4 is 19.5 Å². The molecule has 0 saturated heterocycles. The Kier molecular flexibility index (Phi) is 5.24. The smallest absolute Gasteiger partial charge is 0.249 e. The number of aryl methyl sites for hydroxylation is 1. The first-order valence-electron chi connectivity index (χ1n) is 6.86. The number of rotatable bonds is 6. The molecule has 2 rings (SSSR count). The normalized spacial score (nSPS) is 10.6. The van der Waals surface area contributed by atoms with E-state index in [2.05, 4.69) is 10.4 Å². The van der Waals surface area contributed by atoms with Crippen molar-refractivity contribution in [1.82, 2.24) is 9.78 Å². The summed E-state index contributed by atoms with van der Waals surface area (Å²) in [7, 11) is 6.42. The van der Waals surface area contributed by atoms with Crippen molar-refractivity contribution in [3.05, 3.63) is 36.0 Å². The molecule has 0 aliphatic heterocycles. The van der Waals surface area contributed by atoms with Gasteiger partial charge in [0.15, 0.2) is 17.3 Å². The highest BCUT2D eigenvalue weighted by Crippen LogP contribution is 2.35. The van der Waals surface area contributed by atoms with Crippen molar-refractivity contribution in [3.8, 4) is 17.2 Å². The lowest BCUT2D eigenvalue weighted by molar-refractivity contribution is -0.111. The summed E-state index contributed by atoms with van der Waals surface area (Å²) < 4.78 is 17.4. The van der Waals surface area contributed by atoms with Gasteiger partial charge in [-0.2, -0.15) is 5.10 Å². The van der Waals surface area contributed by atoms with Crippen molar-refractivity contribution >= 4 is 17.8 Å². The zero-order valence-electron chi connectivity index (χ0n) is 13.5. The maximum atomic E-state index is 11.9. The highest BCUT2D eigenvalue weighted by Gasteiger charge is 2.10. The van der Waals surface area contributed by atoms with Crippen molar-refractivity contribution in [2.24, 2.45) is 7.05 Å². The van der Waals surface area contributed by atoms with E-state index in [0.29, 0.717) is 28.6 Å². The highest BCUT2D eigenvalue weighted by molar-refractivity contribution is 6.01. The van der Waals surface area contributed by atoms with E-state index in [9.17, 15) is 4.79 Å². The number of benzene rings is 1. The van der Waals surface area contributed by atoms with Gasteiger partial charge in [-0.3, -0.25) is 9.48 Å². The Hall–Kier alpha value is -2.96. The Morgan fingerprint density at radius 2 is 1.78 bits per heavy atom. The van der Waals surface area contributed by atoms with Crippen molar-refractivity contribution in [2.45, 2.75) is 0 Å². The van der Waals surface area contributed by atoms with Gasteiger partial charge in [-0.15, -0.1) is 0 Å². The number of aromatic nitrogens is 2. The number of carbonyl (C=O) groups excluding carboxylic acids is 1. The molecule has 1 amide bonds. The quantitative estimate of drug-likeness (QED) is 0.826. The summed E-state index contributed by atoms with van der Waals surface area (Å²) in [6.45, 7) is 0. The molecular weight excluding hydrogens is 298 g/mol.